The fourth-order valence-electron chi connectivity index (χ4n) is 5.23. The molecule has 4 heteroatoms. The third-order valence-corrected chi connectivity index (χ3v) is 6.77. The van der Waals surface area contributed by atoms with Crippen LogP contribution in [0.5, 0.6) is 0 Å². The highest BCUT2D eigenvalue weighted by Crippen LogP contribution is 2.33. The van der Waals surface area contributed by atoms with Gasteiger partial charge in [-0.2, -0.15) is 0 Å². The topological polar surface area (TPSA) is 23.6 Å². The van der Waals surface area contributed by atoms with Crippen molar-refractivity contribution < 1.29 is 9.18 Å². The molecule has 0 aliphatic carbocycles. The molecule has 0 bridgehead atoms. The predicted molar refractivity (Wildman–Crippen MR) is 117 cm³/mol. The van der Waals surface area contributed by atoms with E-state index in [1.54, 1.807) is 12.1 Å². The summed E-state index contributed by atoms with van der Waals surface area (Å²) in [5.74, 6) is 0.512. The van der Waals surface area contributed by atoms with Crippen molar-refractivity contribution >= 4 is 16.7 Å². The highest BCUT2D eigenvalue weighted by molar-refractivity contribution is 5.85. The second-order valence-corrected chi connectivity index (χ2v) is 8.68. The van der Waals surface area contributed by atoms with E-state index in [1.165, 1.54) is 28.5 Å². The van der Waals surface area contributed by atoms with E-state index >= 15 is 0 Å². The van der Waals surface area contributed by atoms with Gasteiger partial charge in [0, 0.05) is 38.6 Å². The summed E-state index contributed by atoms with van der Waals surface area (Å²) in [6.45, 7) is 3.57. The summed E-state index contributed by atoms with van der Waals surface area (Å²) in [5.41, 5.74) is 2.38. The van der Waals surface area contributed by atoms with Gasteiger partial charge in [-0.3, -0.25) is 9.69 Å². The Morgan fingerprint density at radius 3 is 2.57 bits per heavy atom. The van der Waals surface area contributed by atoms with Crippen LogP contribution in [0, 0.1) is 11.7 Å². The molecule has 3 aromatic rings. The minimum absolute atomic E-state index is 0.233. The quantitative estimate of drug-likeness (QED) is 0.614. The summed E-state index contributed by atoms with van der Waals surface area (Å²) in [5, 5.41) is 2.62. The molecule has 1 amide bonds. The summed E-state index contributed by atoms with van der Waals surface area (Å²) in [4.78, 5) is 17.3. The molecule has 0 N–H and O–H groups in total. The maximum atomic E-state index is 13.2. The van der Waals surface area contributed by atoms with Gasteiger partial charge in [0.2, 0.25) is 5.91 Å². The number of carbonyl (C=O) groups excluding carboxylic acids is 1. The van der Waals surface area contributed by atoms with Crippen LogP contribution in [0.15, 0.2) is 66.7 Å². The van der Waals surface area contributed by atoms with E-state index in [-0.39, 0.29) is 11.7 Å². The SMILES string of the molecule is O=C1CC[C@@H]2CN(Cc3cccc4ccccc34)CC[C@@H]2N1Cc1ccc(F)cc1. The van der Waals surface area contributed by atoms with Crippen LogP contribution in [-0.4, -0.2) is 34.8 Å². The Bertz CT molecular complexity index is 1040. The maximum Gasteiger partial charge on any atom is 0.223 e. The lowest BCUT2D eigenvalue weighted by Gasteiger charge is -2.47. The number of hydrogen-bond donors (Lipinski definition) is 0. The highest BCUT2D eigenvalue weighted by atomic mass is 19.1. The molecule has 0 radical (unpaired) electrons. The number of amides is 1. The van der Waals surface area contributed by atoms with Crippen molar-refractivity contribution in [2.24, 2.45) is 5.92 Å². The lowest BCUT2D eigenvalue weighted by molar-refractivity contribution is -0.142. The van der Waals surface area contributed by atoms with Gasteiger partial charge in [0.25, 0.3) is 0 Å². The van der Waals surface area contributed by atoms with E-state index in [0.717, 1.165) is 38.0 Å². The van der Waals surface area contributed by atoms with E-state index in [0.29, 0.717) is 24.9 Å². The fraction of sp³-hybridized carbons (Fsp3) is 0.346. The highest BCUT2D eigenvalue weighted by Gasteiger charge is 2.39. The number of piperidine rings is 2. The summed E-state index contributed by atoms with van der Waals surface area (Å²) >= 11 is 0. The van der Waals surface area contributed by atoms with Crippen molar-refractivity contribution in [3.05, 3.63) is 83.7 Å². The third-order valence-electron chi connectivity index (χ3n) is 6.77. The summed E-state index contributed by atoms with van der Waals surface area (Å²) < 4.78 is 13.2. The van der Waals surface area contributed by atoms with Crippen molar-refractivity contribution in [1.29, 1.82) is 0 Å². The van der Waals surface area contributed by atoms with Gasteiger partial charge in [-0.15, -0.1) is 0 Å². The first-order valence-electron chi connectivity index (χ1n) is 10.9. The Morgan fingerprint density at radius 2 is 1.70 bits per heavy atom. The van der Waals surface area contributed by atoms with Crippen molar-refractivity contribution in [1.82, 2.24) is 9.80 Å². The van der Waals surface area contributed by atoms with Crippen LogP contribution in [0.2, 0.25) is 0 Å². The molecule has 0 spiro atoms. The van der Waals surface area contributed by atoms with Crippen molar-refractivity contribution in [3.63, 3.8) is 0 Å². The Kier molecular flexibility index (Phi) is 5.26. The molecular weight excluding hydrogens is 375 g/mol. The number of nitrogens with zero attached hydrogens (tertiary/aromatic N) is 2. The smallest absolute Gasteiger partial charge is 0.223 e. The van der Waals surface area contributed by atoms with E-state index in [4.69, 9.17) is 0 Å². The second-order valence-electron chi connectivity index (χ2n) is 8.68. The lowest BCUT2D eigenvalue weighted by atomic mass is 9.83. The fourth-order valence-corrected chi connectivity index (χ4v) is 5.23. The molecule has 3 aromatic carbocycles. The first-order valence-corrected chi connectivity index (χ1v) is 10.9. The molecule has 2 fully saturated rings. The third kappa shape index (κ3) is 3.84. The normalized spacial score (nSPS) is 22.3. The number of halogens is 1. The summed E-state index contributed by atoms with van der Waals surface area (Å²) in [6, 6.07) is 22.0. The van der Waals surface area contributed by atoms with E-state index < -0.39 is 0 Å². The van der Waals surface area contributed by atoms with Gasteiger partial charge in [-0.05, 0) is 52.8 Å². The molecule has 0 aromatic heterocycles. The molecule has 2 aliphatic heterocycles. The zero-order chi connectivity index (χ0) is 20.5. The Hall–Kier alpha value is -2.72. The molecule has 3 nitrogen and oxygen atoms in total. The number of fused-ring (bicyclic) bond motifs is 2. The van der Waals surface area contributed by atoms with Gasteiger partial charge in [0.1, 0.15) is 5.82 Å². The first kappa shape index (κ1) is 19.3. The van der Waals surface area contributed by atoms with Crippen LogP contribution < -0.4 is 0 Å². The molecule has 0 saturated carbocycles. The van der Waals surface area contributed by atoms with E-state index in [2.05, 4.69) is 52.3 Å². The van der Waals surface area contributed by atoms with Crippen LogP contribution in [0.3, 0.4) is 0 Å². The molecule has 30 heavy (non-hydrogen) atoms. The molecule has 2 atom stereocenters. The minimum Gasteiger partial charge on any atom is -0.335 e. The number of benzene rings is 3. The Morgan fingerprint density at radius 1 is 0.900 bits per heavy atom. The number of likely N-dealkylation sites (tertiary alicyclic amines) is 2. The average Bonchev–Trinajstić information content (AvgIpc) is 2.77. The van der Waals surface area contributed by atoms with Gasteiger partial charge >= 0.3 is 0 Å². The largest absolute Gasteiger partial charge is 0.335 e. The van der Waals surface area contributed by atoms with Crippen molar-refractivity contribution in [2.45, 2.75) is 38.4 Å². The van der Waals surface area contributed by atoms with Crippen LogP contribution >= 0.6 is 0 Å². The molecular formula is C26H27FN2O. The van der Waals surface area contributed by atoms with Crippen molar-refractivity contribution in [2.75, 3.05) is 13.1 Å². The molecule has 5 rings (SSSR count). The molecule has 2 heterocycles. The second kappa shape index (κ2) is 8.19. The Labute approximate surface area is 177 Å². The zero-order valence-electron chi connectivity index (χ0n) is 17.1. The van der Waals surface area contributed by atoms with Crippen LogP contribution in [0.4, 0.5) is 4.39 Å². The Balaban J connectivity index is 1.29. The predicted octanol–water partition coefficient (Wildman–Crippen LogP) is 4.99. The first-order chi connectivity index (χ1) is 14.7. The number of hydrogen-bond acceptors (Lipinski definition) is 2. The van der Waals surface area contributed by atoms with Gasteiger partial charge in [-0.25, -0.2) is 4.39 Å². The van der Waals surface area contributed by atoms with Crippen molar-refractivity contribution in [3.8, 4) is 0 Å². The van der Waals surface area contributed by atoms with Gasteiger partial charge in [-0.1, -0.05) is 54.6 Å². The standard InChI is InChI=1S/C26H27FN2O/c27-23-11-8-19(9-12-23)16-29-25-14-15-28(18-22(25)10-13-26(29)30)17-21-6-3-5-20-4-1-2-7-24(20)21/h1-9,11-12,22,25H,10,13-18H2/t22-,25+/m1/s1. The van der Waals surface area contributed by atoms with E-state index in [9.17, 15) is 9.18 Å². The monoisotopic (exact) mass is 402 g/mol. The molecule has 2 aliphatic rings. The summed E-state index contributed by atoms with van der Waals surface area (Å²) in [6.07, 6.45) is 2.59. The van der Waals surface area contributed by atoms with Gasteiger partial charge in [0.05, 0.1) is 0 Å². The zero-order valence-corrected chi connectivity index (χ0v) is 17.1. The van der Waals surface area contributed by atoms with Crippen LogP contribution in [0.1, 0.15) is 30.4 Å². The maximum absolute atomic E-state index is 13.2. The average molecular weight is 403 g/mol. The van der Waals surface area contributed by atoms with Gasteiger partial charge in [0.15, 0.2) is 0 Å². The molecule has 154 valence electrons. The summed E-state index contributed by atoms with van der Waals surface area (Å²) in [7, 11) is 0. The van der Waals surface area contributed by atoms with Crippen LogP contribution in [-0.2, 0) is 17.9 Å². The number of rotatable bonds is 4. The van der Waals surface area contributed by atoms with Crippen LogP contribution in [0.25, 0.3) is 10.8 Å². The lowest BCUT2D eigenvalue weighted by Crippen LogP contribution is -2.55. The minimum atomic E-state index is -0.233. The molecule has 2 saturated heterocycles. The van der Waals surface area contributed by atoms with E-state index in [1.807, 2.05) is 0 Å². The van der Waals surface area contributed by atoms with Gasteiger partial charge < -0.3 is 4.90 Å². The number of carbonyl (C=O) groups is 1. The molecule has 0 unspecified atom stereocenters.